The summed E-state index contributed by atoms with van der Waals surface area (Å²) in [7, 11) is 1.38. The molecular formula is C11H11N3O4. The van der Waals surface area contributed by atoms with Crippen LogP contribution in [0, 0.1) is 17.0 Å². The second kappa shape index (κ2) is 4.36. The number of hydrogen-bond acceptors (Lipinski definition) is 6. The van der Waals surface area contributed by atoms with E-state index in [1.54, 1.807) is 13.0 Å². The predicted molar refractivity (Wildman–Crippen MR) is 64.3 cm³/mol. The van der Waals surface area contributed by atoms with E-state index in [-0.39, 0.29) is 17.3 Å². The van der Waals surface area contributed by atoms with Crippen LogP contribution in [-0.4, -0.2) is 17.2 Å². The molecule has 0 unspecified atom stereocenters. The third kappa shape index (κ3) is 1.86. The summed E-state index contributed by atoms with van der Waals surface area (Å²) in [4.78, 5) is 10.4. The minimum atomic E-state index is -0.513. The molecule has 1 aromatic heterocycles. The summed E-state index contributed by atoms with van der Waals surface area (Å²) in [5, 5.41) is 14.7. The number of nitrogens with two attached hydrogens (primary N) is 1. The van der Waals surface area contributed by atoms with Crippen molar-refractivity contribution in [3.05, 3.63) is 33.9 Å². The summed E-state index contributed by atoms with van der Waals surface area (Å²) in [6.45, 7) is 1.73. The normalized spacial score (nSPS) is 10.3. The van der Waals surface area contributed by atoms with Crippen LogP contribution in [0.3, 0.4) is 0 Å². The van der Waals surface area contributed by atoms with Crippen molar-refractivity contribution in [3.8, 4) is 17.0 Å². The van der Waals surface area contributed by atoms with Crippen LogP contribution in [0.15, 0.2) is 22.7 Å². The highest BCUT2D eigenvalue weighted by Gasteiger charge is 2.19. The molecule has 0 aliphatic carbocycles. The molecule has 1 aromatic carbocycles. The Kier molecular flexibility index (Phi) is 2.88. The summed E-state index contributed by atoms with van der Waals surface area (Å²) in [5.41, 5.74) is 7.10. The molecule has 0 saturated carbocycles. The van der Waals surface area contributed by atoms with Crippen LogP contribution in [-0.2, 0) is 0 Å². The van der Waals surface area contributed by atoms with E-state index in [0.717, 1.165) is 0 Å². The van der Waals surface area contributed by atoms with Gasteiger partial charge < -0.3 is 15.0 Å². The number of aromatic nitrogens is 1. The van der Waals surface area contributed by atoms with E-state index < -0.39 is 4.92 Å². The number of ether oxygens (including phenoxy) is 1. The van der Waals surface area contributed by atoms with Gasteiger partial charge in [-0.25, -0.2) is 0 Å². The highest BCUT2D eigenvalue weighted by molar-refractivity contribution is 5.70. The number of anilines is 1. The molecule has 0 aliphatic heterocycles. The van der Waals surface area contributed by atoms with Crippen LogP contribution in [0.25, 0.3) is 11.3 Å². The number of nitrogen functional groups attached to an aromatic ring is 1. The van der Waals surface area contributed by atoms with Gasteiger partial charge in [0.2, 0.25) is 5.88 Å². The maximum Gasteiger partial charge on any atom is 0.311 e. The van der Waals surface area contributed by atoms with Gasteiger partial charge in [0.1, 0.15) is 5.69 Å². The summed E-state index contributed by atoms with van der Waals surface area (Å²) in [6, 6.07) is 4.55. The van der Waals surface area contributed by atoms with Crippen LogP contribution < -0.4 is 10.5 Å². The van der Waals surface area contributed by atoms with E-state index in [1.807, 2.05) is 0 Å². The lowest BCUT2D eigenvalue weighted by Crippen LogP contribution is -1.94. The largest absolute Gasteiger partial charge is 0.490 e. The lowest BCUT2D eigenvalue weighted by molar-refractivity contribution is -0.385. The van der Waals surface area contributed by atoms with Crippen molar-refractivity contribution in [1.29, 1.82) is 0 Å². The first-order valence-corrected chi connectivity index (χ1v) is 5.09. The molecule has 0 saturated heterocycles. The van der Waals surface area contributed by atoms with Crippen LogP contribution in [0.4, 0.5) is 11.6 Å². The Labute approximate surface area is 102 Å². The SMILES string of the molecule is COc1ccc(-c2noc(N)c2C)cc1[N+](=O)[O-]. The molecule has 0 aliphatic rings. The van der Waals surface area contributed by atoms with Gasteiger partial charge >= 0.3 is 5.69 Å². The van der Waals surface area contributed by atoms with Crippen molar-refractivity contribution in [2.45, 2.75) is 6.92 Å². The maximum absolute atomic E-state index is 10.9. The molecule has 0 amide bonds. The van der Waals surface area contributed by atoms with Gasteiger partial charge in [-0.15, -0.1) is 0 Å². The minimum absolute atomic E-state index is 0.129. The Morgan fingerprint density at radius 1 is 1.50 bits per heavy atom. The van der Waals surface area contributed by atoms with Crippen molar-refractivity contribution < 1.29 is 14.2 Å². The van der Waals surface area contributed by atoms with Gasteiger partial charge in [0.25, 0.3) is 0 Å². The molecule has 0 fully saturated rings. The van der Waals surface area contributed by atoms with Crippen molar-refractivity contribution in [2.24, 2.45) is 0 Å². The lowest BCUT2D eigenvalue weighted by atomic mass is 10.1. The zero-order valence-corrected chi connectivity index (χ0v) is 9.84. The van der Waals surface area contributed by atoms with Crippen LogP contribution in [0.1, 0.15) is 5.56 Å². The standard InChI is InChI=1S/C11H11N3O4/c1-6-10(13-18-11(6)12)7-3-4-9(17-2)8(5-7)14(15)16/h3-5H,12H2,1-2H3. The fourth-order valence-corrected chi connectivity index (χ4v) is 1.60. The summed E-state index contributed by atoms with van der Waals surface area (Å²) < 4.78 is 9.76. The van der Waals surface area contributed by atoms with Crippen molar-refractivity contribution in [2.75, 3.05) is 12.8 Å². The van der Waals surface area contributed by atoms with E-state index in [9.17, 15) is 10.1 Å². The molecule has 2 rings (SSSR count). The second-order valence-corrected chi connectivity index (χ2v) is 3.66. The second-order valence-electron chi connectivity index (χ2n) is 3.66. The van der Waals surface area contributed by atoms with E-state index >= 15 is 0 Å². The molecule has 2 aromatic rings. The van der Waals surface area contributed by atoms with E-state index in [1.165, 1.54) is 19.2 Å². The Morgan fingerprint density at radius 2 is 2.22 bits per heavy atom. The molecule has 0 atom stereocenters. The van der Waals surface area contributed by atoms with Gasteiger partial charge in [-0.3, -0.25) is 10.1 Å². The van der Waals surface area contributed by atoms with Gasteiger partial charge in [0.05, 0.1) is 12.0 Å². The first kappa shape index (κ1) is 11.9. The average molecular weight is 249 g/mol. The first-order chi connectivity index (χ1) is 8.54. The highest BCUT2D eigenvalue weighted by atomic mass is 16.6. The number of nitro groups is 1. The minimum Gasteiger partial charge on any atom is -0.490 e. The number of rotatable bonds is 3. The van der Waals surface area contributed by atoms with Crippen molar-refractivity contribution in [3.63, 3.8) is 0 Å². The van der Waals surface area contributed by atoms with Crippen molar-refractivity contribution >= 4 is 11.6 Å². The summed E-state index contributed by atoms with van der Waals surface area (Å²) >= 11 is 0. The number of benzene rings is 1. The highest BCUT2D eigenvalue weighted by Crippen LogP contribution is 2.33. The first-order valence-electron chi connectivity index (χ1n) is 5.09. The molecule has 7 nitrogen and oxygen atoms in total. The lowest BCUT2D eigenvalue weighted by Gasteiger charge is -2.03. The fraction of sp³-hybridized carbons (Fsp3) is 0.182. The Bertz CT molecular complexity index is 606. The smallest absolute Gasteiger partial charge is 0.311 e. The van der Waals surface area contributed by atoms with Gasteiger partial charge in [-0.1, -0.05) is 5.16 Å². The zero-order chi connectivity index (χ0) is 13.3. The van der Waals surface area contributed by atoms with Crippen LogP contribution in [0.2, 0.25) is 0 Å². The van der Waals surface area contributed by atoms with Crippen molar-refractivity contribution in [1.82, 2.24) is 5.16 Å². The number of nitrogens with zero attached hydrogens (tertiary/aromatic N) is 2. The zero-order valence-electron chi connectivity index (χ0n) is 9.84. The molecule has 18 heavy (non-hydrogen) atoms. The summed E-state index contributed by atoms with van der Waals surface area (Å²) in [5.74, 6) is 0.390. The van der Waals surface area contributed by atoms with Gasteiger partial charge in [0.15, 0.2) is 5.75 Å². The monoisotopic (exact) mass is 249 g/mol. The summed E-state index contributed by atoms with van der Waals surface area (Å²) in [6.07, 6.45) is 0. The fourth-order valence-electron chi connectivity index (χ4n) is 1.60. The van der Waals surface area contributed by atoms with Crippen LogP contribution in [0.5, 0.6) is 5.75 Å². The number of hydrogen-bond donors (Lipinski definition) is 1. The molecule has 0 spiro atoms. The third-order valence-electron chi connectivity index (χ3n) is 2.61. The average Bonchev–Trinajstić information content (AvgIpc) is 2.69. The molecule has 7 heteroatoms. The molecular weight excluding hydrogens is 238 g/mol. The quantitative estimate of drug-likeness (QED) is 0.660. The van der Waals surface area contributed by atoms with E-state index in [0.29, 0.717) is 16.8 Å². The Hall–Kier alpha value is -2.57. The van der Waals surface area contributed by atoms with Gasteiger partial charge in [0, 0.05) is 17.2 Å². The third-order valence-corrected chi connectivity index (χ3v) is 2.61. The van der Waals surface area contributed by atoms with Gasteiger partial charge in [-0.2, -0.15) is 0 Å². The van der Waals surface area contributed by atoms with E-state index in [2.05, 4.69) is 5.16 Å². The topological polar surface area (TPSA) is 104 Å². The Morgan fingerprint density at radius 3 is 2.72 bits per heavy atom. The van der Waals surface area contributed by atoms with Gasteiger partial charge in [-0.05, 0) is 19.1 Å². The van der Waals surface area contributed by atoms with Crippen LogP contribution >= 0.6 is 0 Å². The Balaban J connectivity index is 2.57. The predicted octanol–water partition coefficient (Wildman–Crippen LogP) is 2.15. The maximum atomic E-state index is 10.9. The number of methoxy groups -OCH3 is 1. The van der Waals surface area contributed by atoms with E-state index in [4.69, 9.17) is 15.0 Å². The molecule has 1 heterocycles. The number of nitro benzene ring substituents is 1. The molecule has 2 N–H and O–H groups in total. The molecule has 94 valence electrons. The molecule has 0 radical (unpaired) electrons. The molecule has 0 bridgehead atoms.